The maximum Gasteiger partial charge on any atom is 0.256 e. The van der Waals surface area contributed by atoms with Crippen molar-refractivity contribution in [3.63, 3.8) is 0 Å². The van der Waals surface area contributed by atoms with Crippen molar-refractivity contribution >= 4 is 5.91 Å². The summed E-state index contributed by atoms with van der Waals surface area (Å²) >= 11 is 0. The highest BCUT2D eigenvalue weighted by Crippen LogP contribution is 2.21. The molecule has 1 N–H and O–H groups in total. The highest BCUT2D eigenvalue weighted by atomic mass is 16.5. The second-order valence-electron chi connectivity index (χ2n) is 3.84. The topological polar surface area (TPSA) is 51.2 Å². The minimum Gasteiger partial charge on any atom is -0.480 e. The monoisotopic (exact) mass is 222 g/mol. The molecule has 16 heavy (non-hydrogen) atoms. The van der Waals surface area contributed by atoms with Crippen LogP contribution in [0.3, 0.4) is 0 Å². The molecule has 0 aliphatic carbocycles. The predicted octanol–water partition coefficient (Wildman–Crippen LogP) is 1.96. The van der Waals surface area contributed by atoms with Crippen LogP contribution in [0.4, 0.5) is 0 Å². The van der Waals surface area contributed by atoms with Gasteiger partial charge in [0.15, 0.2) is 0 Å². The second kappa shape index (κ2) is 5.49. The highest BCUT2D eigenvalue weighted by Gasteiger charge is 2.14. The van der Waals surface area contributed by atoms with Crippen LogP contribution in [-0.4, -0.2) is 24.5 Å². The van der Waals surface area contributed by atoms with Gasteiger partial charge in [-0.3, -0.25) is 4.79 Å². The normalized spacial score (nSPS) is 10.3. The number of rotatable bonds is 4. The lowest BCUT2D eigenvalue weighted by atomic mass is 10.0. The van der Waals surface area contributed by atoms with Gasteiger partial charge in [0.05, 0.1) is 7.11 Å². The average Bonchev–Trinajstić information content (AvgIpc) is 2.28. The maximum absolute atomic E-state index is 11.8. The Kier molecular flexibility index (Phi) is 4.28. The largest absolute Gasteiger partial charge is 0.480 e. The third kappa shape index (κ3) is 2.72. The van der Waals surface area contributed by atoms with Gasteiger partial charge in [-0.1, -0.05) is 13.8 Å². The molecule has 0 radical (unpaired) electrons. The van der Waals surface area contributed by atoms with E-state index in [1.807, 2.05) is 13.0 Å². The summed E-state index contributed by atoms with van der Waals surface area (Å²) in [5, 5.41) is 2.74. The smallest absolute Gasteiger partial charge is 0.256 e. The lowest BCUT2D eigenvalue weighted by molar-refractivity contribution is 0.0952. The lowest BCUT2D eigenvalue weighted by Crippen LogP contribution is -2.23. The Bertz CT molecular complexity index is 375. The molecule has 0 spiro atoms. The third-order valence-electron chi connectivity index (χ3n) is 2.31. The van der Waals surface area contributed by atoms with Gasteiger partial charge in [0.25, 0.3) is 5.91 Å². The number of hydrogen-bond donors (Lipinski definition) is 1. The van der Waals surface area contributed by atoms with E-state index in [1.165, 1.54) is 7.11 Å². The van der Waals surface area contributed by atoms with Crippen molar-refractivity contribution < 1.29 is 9.53 Å². The number of aromatic nitrogens is 1. The quantitative estimate of drug-likeness (QED) is 0.847. The number of hydrogen-bond acceptors (Lipinski definition) is 3. The molecule has 0 aliphatic heterocycles. The lowest BCUT2D eigenvalue weighted by Gasteiger charge is -2.11. The first-order chi connectivity index (χ1) is 7.60. The molecular weight excluding hydrogens is 204 g/mol. The summed E-state index contributed by atoms with van der Waals surface area (Å²) in [4.78, 5) is 15.9. The van der Waals surface area contributed by atoms with Crippen molar-refractivity contribution in [2.75, 3.05) is 13.7 Å². The van der Waals surface area contributed by atoms with Crippen molar-refractivity contribution in [1.82, 2.24) is 10.3 Å². The molecule has 1 rings (SSSR count). The van der Waals surface area contributed by atoms with E-state index in [9.17, 15) is 4.79 Å². The second-order valence-corrected chi connectivity index (χ2v) is 3.84. The van der Waals surface area contributed by atoms with Gasteiger partial charge in [-0.15, -0.1) is 0 Å². The Morgan fingerprint density at radius 2 is 2.25 bits per heavy atom. The molecule has 0 aliphatic rings. The molecule has 1 aromatic heterocycles. The van der Waals surface area contributed by atoms with E-state index in [1.54, 1.807) is 6.20 Å². The summed E-state index contributed by atoms with van der Waals surface area (Å²) in [6.07, 6.45) is 1.74. The van der Waals surface area contributed by atoms with Crippen molar-refractivity contribution in [2.24, 2.45) is 0 Å². The van der Waals surface area contributed by atoms with Crippen LogP contribution in [0.1, 0.15) is 42.6 Å². The maximum atomic E-state index is 11.8. The van der Waals surface area contributed by atoms with Gasteiger partial charge in [-0.25, -0.2) is 4.98 Å². The van der Waals surface area contributed by atoms with E-state index < -0.39 is 0 Å². The Morgan fingerprint density at radius 3 is 2.75 bits per heavy atom. The van der Waals surface area contributed by atoms with Gasteiger partial charge in [0.1, 0.15) is 5.56 Å². The first kappa shape index (κ1) is 12.5. The molecule has 0 aromatic carbocycles. The summed E-state index contributed by atoms with van der Waals surface area (Å²) in [6.45, 7) is 6.59. The first-order valence-corrected chi connectivity index (χ1v) is 5.42. The van der Waals surface area contributed by atoms with Crippen LogP contribution in [0, 0.1) is 0 Å². The molecule has 0 saturated carbocycles. The third-order valence-corrected chi connectivity index (χ3v) is 2.31. The van der Waals surface area contributed by atoms with Gasteiger partial charge in [-0.2, -0.15) is 0 Å². The van der Waals surface area contributed by atoms with Crippen LogP contribution in [0.15, 0.2) is 12.3 Å². The van der Waals surface area contributed by atoms with Crippen LogP contribution < -0.4 is 10.1 Å². The van der Waals surface area contributed by atoms with Gasteiger partial charge in [-0.05, 0) is 24.5 Å². The molecule has 0 unspecified atom stereocenters. The minimum absolute atomic E-state index is 0.144. The van der Waals surface area contributed by atoms with Gasteiger partial charge >= 0.3 is 0 Å². The zero-order valence-electron chi connectivity index (χ0n) is 10.2. The number of pyridine rings is 1. The van der Waals surface area contributed by atoms with Crippen molar-refractivity contribution in [1.29, 1.82) is 0 Å². The number of methoxy groups -OCH3 is 1. The van der Waals surface area contributed by atoms with E-state index in [0.717, 1.165) is 5.56 Å². The fourth-order valence-corrected chi connectivity index (χ4v) is 1.37. The van der Waals surface area contributed by atoms with Gasteiger partial charge < -0.3 is 10.1 Å². The molecule has 0 atom stereocenters. The minimum atomic E-state index is -0.144. The number of ether oxygens (including phenoxy) is 1. The molecule has 88 valence electrons. The Hall–Kier alpha value is -1.58. The number of amides is 1. The van der Waals surface area contributed by atoms with Crippen LogP contribution in [0.25, 0.3) is 0 Å². The van der Waals surface area contributed by atoms with E-state index >= 15 is 0 Å². The summed E-state index contributed by atoms with van der Waals surface area (Å²) in [7, 11) is 1.51. The highest BCUT2D eigenvalue weighted by molar-refractivity contribution is 5.96. The van der Waals surface area contributed by atoms with Crippen molar-refractivity contribution in [2.45, 2.75) is 26.7 Å². The molecule has 0 saturated heterocycles. The Morgan fingerprint density at radius 1 is 1.56 bits per heavy atom. The predicted molar refractivity (Wildman–Crippen MR) is 62.9 cm³/mol. The molecule has 0 bridgehead atoms. The van der Waals surface area contributed by atoms with Crippen LogP contribution in [-0.2, 0) is 0 Å². The summed E-state index contributed by atoms with van der Waals surface area (Å²) in [5.41, 5.74) is 1.53. The number of carbonyl (C=O) groups excluding carboxylic acids is 1. The zero-order chi connectivity index (χ0) is 12.1. The fourth-order valence-electron chi connectivity index (χ4n) is 1.37. The van der Waals surface area contributed by atoms with Crippen molar-refractivity contribution in [3.05, 3.63) is 23.4 Å². The molecule has 1 aromatic rings. The molecule has 0 fully saturated rings. The molecule has 4 nitrogen and oxygen atoms in total. The Labute approximate surface area is 96.0 Å². The molecule has 1 heterocycles. The summed E-state index contributed by atoms with van der Waals surface area (Å²) in [6, 6.07) is 1.83. The molecular formula is C12H18N2O2. The first-order valence-electron chi connectivity index (χ1n) is 5.42. The fraction of sp³-hybridized carbons (Fsp3) is 0.500. The zero-order valence-corrected chi connectivity index (χ0v) is 10.2. The van der Waals surface area contributed by atoms with E-state index in [-0.39, 0.29) is 5.91 Å². The van der Waals surface area contributed by atoms with E-state index in [2.05, 4.69) is 24.1 Å². The van der Waals surface area contributed by atoms with E-state index in [4.69, 9.17) is 4.74 Å². The van der Waals surface area contributed by atoms with Crippen LogP contribution >= 0.6 is 0 Å². The summed E-state index contributed by atoms with van der Waals surface area (Å²) in [5.74, 6) is 0.566. The van der Waals surface area contributed by atoms with Crippen LogP contribution in [0.5, 0.6) is 5.88 Å². The van der Waals surface area contributed by atoms with E-state index in [0.29, 0.717) is 23.9 Å². The number of carbonyl (C=O) groups is 1. The molecule has 1 amide bonds. The molecule has 4 heteroatoms. The van der Waals surface area contributed by atoms with Gasteiger partial charge in [0.2, 0.25) is 5.88 Å². The van der Waals surface area contributed by atoms with Gasteiger partial charge in [0, 0.05) is 12.7 Å². The number of nitrogens with one attached hydrogen (secondary N) is 1. The van der Waals surface area contributed by atoms with Crippen molar-refractivity contribution in [3.8, 4) is 5.88 Å². The number of nitrogens with zero attached hydrogens (tertiary/aromatic N) is 1. The average molecular weight is 222 g/mol. The summed E-state index contributed by atoms with van der Waals surface area (Å²) < 4.78 is 5.08. The van der Waals surface area contributed by atoms with Crippen LogP contribution in [0.2, 0.25) is 0 Å². The SMILES string of the molecule is CCNC(=O)c1cc(C(C)C)cnc1OC. The Balaban J connectivity index is 3.11. The standard InChI is InChI=1S/C12H18N2O2/c1-5-13-11(15)10-6-9(8(2)3)7-14-12(10)16-4/h6-8H,5H2,1-4H3,(H,13,15).